The van der Waals surface area contributed by atoms with Crippen molar-refractivity contribution in [1.29, 1.82) is 0 Å². The molecule has 0 aliphatic carbocycles. The Bertz CT molecular complexity index is 419. The van der Waals surface area contributed by atoms with Crippen molar-refractivity contribution in [2.45, 2.75) is 12.5 Å². The number of rotatable bonds is 1. The van der Waals surface area contributed by atoms with Gasteiger partial charge in [0.2, 0.25) is 0 Å². The first kappa shape index (κ1) is 10.1. The Labute approximate surface area is 98.4 Å². The summed E-state index contributed by atoms with van der Waals surface area (Å²) in [5.74, 6) is 0.606. The smallest absolute Gasteiger partial charge is 0.332 e. The number of nitrogens with one attached hydrogen (secondary N) is 1. The summed E-state index contributed by atoms with van der Waals surface area (Å²) in [4.78, 5) is 14.2. The normalized spacial score (nSPS) is 31.9. The maximum atomic E-state index is 11.8. The van der Waals surface area contributed by atoms with Gasteiger partial charge in [-0.15, -0.1) is 0 Å². The zero-order valence-electron chi connectivity index (χ0n) is 8.77. The molecule has 16 heavy (non-hydrogen) atoms. The highest BCUT2D eigenvalue weighted by molar-refractivity contribution is 6.30. The Hall–Kier alpha value is -1.07. The number of amides is 1. The molecule has 0 aromatic carbocycles. The average molecular weight is 241 g/mol. The lowest BCUT2D eigenvalue weighted by atomic mass is 10.0. The molecule has 0 spiro atoms. The second kappa shape index (κ2) is 3.75. The van der Waals surface area contributed by atoms with Crippen molar-refractivity contribution < 1.29 is 4.79 Å². The predicted molar refractivity (Wildman–Crippen MR) is 59.5 cm³/mol. The first-order valence-corrected chi connectivity index (χ1v) is 5.83. The summed E-state index contributed by atoms with van der Waals surface area (Å²) in [7, 11) is 0. The zero-order chi connectivity index (χ0) is 11.1. The maximum absolute atomic E-state index is 11.8. The number of carbonyl (C=O) groups excluding carboxylic acids is 1. The van der Waals surface area contributed by atoms with Crippen LogP contribution in [0.1, 0.15) is 6.42 Å². The summed E-state index contributed by atoms with van der Waals surface area (Å²) in [5.41, 5.74) is 0. The van der Waals surface area contributed by atoms with E-state index in [1.54, 1.807) is 0 Å². The lowest BCUT2D eigenvalue weighted by molar-refractivity contribution is 0.228. The molecule has 2 aliphatic rings. The summed E-state index contributed by atoms with van der Waals surface area (Å²) in [5, 5.41) is 7.36. The molecule has 1 aromatic rings. The van der Waals surface area contributed by atoms with Crippen LogP contribution in [0.25, 0.3) is 0 Å². The summed E-state index contributed by atoms with van der Waals surface area (Å²) in [6.07, 6.45) is 4.17. The molecular weight excluding hydrogens is 228 g/mol. The van der Waals surface area contributed by atoms with Crippen LogP contribution in [0.3, 0.4) is 0 Å². The fourth-order valence-electron chi connectivity index (χ4n) is 2.58. The number of halogens is 1. The van der Waals surface area contributed by atoms with Crippen molar-refractivity contribution in [3.63, 3.8) is 0 Å². The zero-order valence-corrected chi connectivity index (χ0v) is 9.52. The Morgan fingerprint density at radius 2 is 2.44 bits per heavy atom. The van der Waals surface area contributed by atoms with Gasteiger partial charge in [-0.25, -0.2) is 4.79 Å². The van der Waals surface area contributed by atoms with Gasteiger partial charge in [0.1, 0.15) is 0 Å². The molecule has 3 heterocycles. The van der Waals surface area contributed by atoms with Crippen LogP contribution < -0.4 is 5.32 Å². The van der Waals surface area contributed by atoms with Crippen LogP contribution >= 0.6 is 11.6 Å². The first-order valence-electron chi connectivity index (χ1n) is 5.46. The van der Waals surface area contributed by atoms with Crippen molar-refractivity contribution in [3.8, 4) is 0 Å². The predicted octanol–water partition coefficient (Wildman–Crippen LogP) is 0.798. The van der Waals surface area contributed by atoms with Gasteiger partial charge in [0.05, 0.1) is 17.4 Å². The molecule has 2 fully saturated rings. The third-order valence-corrected chi connectivity index (χ3v) is 3.60. The number of aromatic nitrogens is 2. The number of fused-ring (bicyclic) bond motifs is 2. The molecular formula is C10H13ClN4O. The van der Waals surface area contributed by atoms with E-state index in [9.17, 15) is 4.79 Å². The second-order valence-electron chi connectivity index (χ2n) is 4.47. The standard InChI is InChI=1S/C10H13ClN4O/c11-8-3-12-15(5-8)10(16)13-9-6-14-2-1-7(9)4-14/h3,5,7,9H,1-2,4,6H2,(H,13,16)/t7-,9?/m0/s1. The molecule has 1 aromatic heterocycles. The molecule has 2 aliphatic heterocycles. The van der Waals surface area contributed by atoms with Crippen LogP contribution in [0, 0.1) is 5.92 Å². The van der Waals surface area contributed by atoms with Gasteiger partial charge in [0.15, 0.2) is 0 Å². The average Bonchev–Trinajstić information content (AvgIpc) is 2.92. The molecule has 3 rings (SSSR count). The summed E-state index contributed by atoms with van der Waals surface area (Å²) in [6, 6.07) is 0.0786. The van der Waals surface area contributed by atoms with Crippen LogP contribution in [0.15, 0.2) is 12.4 Å². The fraction of sp³-hybridized carbons (Fsp3) is 0.600. The van der Waals surface area contributed by atoms with Crippen molar-refractivity contribution in [2.24, 2.45) is 5.92 Å². The van der Waals surface area contributed by atoms with Crippen molar-refractivity contribution in [1.82, 2.24) is 20.0 Å². The van der Waals surface area contributed by atoms with Gasteiger partial charge in [0, 0.05) is 19.1 Å². The first-order chi connectivity index (χ1) is 7.72. The Morgan fingerprint density at radius 1 is 1.56 bits per heavy atom. The second-order valence-corrected chi connectivity index (χ2v) is 4.90. The number of carbonyl (C=O) groups is 1. The molecule has 1 N–H and O–H groups in total. The van der Waals surface area contributed by atoms with Crippen molar-refractivity contribution >= 4 is 17.6 Å². The molecule has 86 valence electrons. The third kappa shape index (κ3) is 1.70. The lowest BCUT2D eigenvalue weighted by Crippen LogP contribution is -2.45. The Balaban J connectivity index is 1.65. The SMILES string of the molecule is O=C(NC1CN2CC[C@H]1C2)n1cc(Cl)cn1. The van der Waals surface area contributed by atoms with Crippen LogP contribution in [-0.2, 0) is 0 Å². The number of hydrogen-bond donors (Lipinski definition) is 1. The summed E-state index contributed by atoms with van der Waals surface area (Å²) >= 11 is 5.71. The van der Waals surface area contributed by atoms with Crippen LogP contribution in [0.4, 0.5) is 4.79 Å². The van der Waals surface area contributed by atoms with Crippen LogP contribution in [0.2, 0.25) is 5.02 Å². The quantitative estimate of drug-likeness (QED) is 0.790. The highest BCUT2D eigenvalue weighted by Crippen LogP contribution is 2.27. The molecule has 1 amide bonds. The monoisotopic (exact) mass is 240 g/mol. The molecule has 3 atom stereocenters. The Kier molecular flexibility index (Phi) is 2.37. The Morgan fingerprint density at radius 3 is 3.00 bits per heavy atom. The van der Waals surface area contributed by atoms with E-state index < -0.39 is 0 Å². The summed E-state index contributed by atoms with van der Waals surface area (Å²) < 4.78 is 1.25. The van der Waals surface area contributed by atoms with Gasteiger partial charge in [0.25, 0.3) is 0 Å². The van der Waals surface area contributed by atoms with Gasteiger partial charge >= 0.3 is 6.03 Å². The van der Waals surface area contributed by atoms with E-state index in [0.29, 0.717) is 10.9 Å². The van der Waals surface area contributed by atoms with Crippen LogP contribution in [-0.4, -0.2) is 46.4 Å². The molecule has 0 radical (unpaired) electrons. The van der Waals surface area contributed by atoms with Gasteiger partial charge in [-0.1, -0.05) is 11.6 Å². The third-order valence-electron chi connectivity index (χ3n) is 3.40. The van der Waals surface area contributed by atoms with E-state index >= 15 is 0 Å². The van der Waals surface area contributed by atoms with E-state index in [2.05, 4.69) is 15.3 Å². The minimum atomic E-state index is -0.189. The molecule has 5 nitrogen and oxygen atoms in total. The molecule has 0 saturated carbocycles. The van der Waals surface area contributed by atoms with Gasteiger partial charge in [-0.3, -0.25) is 0 Å². The molecule has 6 heteroatoms. The number of piperidine rings is 1. The molecule has 2 bridgehead atoms. The largest absolute Gasteiger partial charge is 0.342 e. The van der Waals surface area contributed by atoms with Crippen molar-refractivity contribution in [2.75, 3.05) is 19.6 Å². The van der Waals surface area contributed by atoms with Gasteiger partial charge in [-0.05, 0) is 18.9 Å². The minimum absolute atomic E-state index is 0.189. The van der Waals surface area contributed by atoms with E-state index in [1.807, 2.05) is 0 Å². The minimum Gasteiger partial charge on any atom is -0.332 e. The lowest BCUT2D eigenvalue weighted by Gasteiger charge is -2.22. The van der Waals surface area contributed by atoms with E-state index in [4.69, 9.17) is 11.6 Å². The number of hydrogen-bond acceptors (Lipinski definition) is 3. The van der Waals surface area contributed by atoms with E-state index in [-0.39, 0.29) is 12.1 Å². The topological polar surface area (TPSA) is 50.2 Å². The van der Waals surface area contributed by atoms with Gasteiger partial charge in [-0.2, -0.15) is 9.78 Å². The van der Waals surface area contributed by atoms with Crippen molar-refractivity contribution in [3.05, 3.63) is 17.4 Å². The van der Waals surface area contributed by atoms with E-state index in [0.717, 1.165) is 13.1 Å². The molecule has 2 saturated heterocycles. The van der Waals surface area contributed by atoms with Crippen LogP contribution in [0.5, 0.6) is 0 Å². The highest BCUT2D eigenvalue weighted by atomic mass is 35.5. The number of nitrogens with zero attached hydrogens (tertiary/aromatic N) is 3. The molecule has 2 unspecified atom stereocenters. The fourth-order valence-corrected chi connectivity index (χ4v) is 2.72. The van der Waals surface area contributed by atoms with Gasteiger partial charge < -0.3 is 10.2 Å². The maximum Gasteiger partial charge on any atom is 0.342 e. The highest BCUT2D eigenvalue weighted by Gasteiger charge is 2.38. The summed E-state index contributed by atoms with van der Waals surface area (Å²) in [6.45, 7) is 3.25. The van der Waals surface area contributed by atoms with E-state index in [1.165, 1.54) is 30.0 Å².